The monoisotopic (exact) mass is 487 g/mol. The molecule has 1 saturated heterocycles. The molecule has 0 aromatic heterocycles. The predicted octanol–water partition coefficient (Wildman–Crippen LogP) is 2.14. The molecule has 27 heavy (non-hydrogen) atoms. The summed E-state index contributed by atoms with van der Waals surface area (Å²) in [6.07, 6.45) is 0. The van der Waals surface area contributed by atoms with Crippen LogP contribution in [-0.2, 0) is 11.3 Å². The van der Waals surface area contributed by atoms with E-state index in [4.69, 9.17) is 4.99 Å². The molecule has 152 valence electrons. The zero-order valence-electron chi connectivity index (χ0n) is 17.0. The summed E-state index contributed by atoms with van der Waals surface area (Å²) in [5.41, 5.74) is 3.83. The number of aryl methyl sites for hydroxylation is 2. The number of guanidine groups is 1. The molecule has 1 aromatic carbocycles. The third-order valence-corrected chi connectivity index (χ3v) is 4.79. The zero-order chi connectivity index (χ0) is 18.9. The van der Waals surface area contributed by atoms with E-state index in [-0.39, 0.29) is 29.9 Å². The number of benzene rings is 1. The number of carbonyl (C=O) groups is 1. The summed E-state index contributed by atoms with van der Waals surface area (Å²) in [7, 11) is 0. The van der Waals surface area contributed by atoms with Crippen molar-refractivity contribution in [1.29, 1.82) is 0 Å². The Hall–Kier alpha value is -1.35. The Kier molecular flexibility index (Phi) is 10.7. The SMILES string of the molecule is CCNC(=NCc1ccc(C)cc1C)NCCN1CCN(C(C)=O)CC1.I. The average Bonchev–Trinajstić information content (AvgIpc) is 2.61. The van der Waals surface area contributed by atoms with Crippen molar-refractivity contribution >= 4 is 35.8 Å². The number of nitrogens with one attached hydrogen (secondary N) is 2. The van der Waals surface area contributed by atoms with Gasteiger partial charge in [0.2, 0.25) is 5.91 Å². The lowest BCUT2D eigenvalue weighted by Gasteiger charge is -2.34. The maximum Gasteiger partial charge on any atom is 0.219 e. The molecule has 0 unspecified atom stereocenters. The molecule has 1 aliphatic heterocycles. The Morgan fingerprint density at radius 2 is 1.85 bits per heavy atom. The fourth-order valence-corrected chi connectivity index (χ4v) is 3.15. The van der Waals surface area contributed by atoms with E-state index in [1.807, 2.05) is 4.90 Å². The lowest BCUT2D eigenvalue weighted by atomic mass is 10.1. The van der Waals surface area contributed by atoms with Crippen molar-refractivity contribution in [3.8, 4) is 0 Å². The summed E-state index contributed by atoms with van der Waals surface area (Å²) in [6, 6.07) is 6.50. The molecule has 0 atom stereocenters. The van der Waals surface area contributed by atoms with E-state index in [1.54, 1.807) is 6.92 Å². The van der Waals surface area contributed by atoms with Crippen molar-refractivity contribution in [3.05, 3.63) is 34.9 Å². The van der Waals surface area contributed by atoms with E-state index < -0.39 is 0 Å². The Morgan fingerprint density at radius 1 is 1.15 bits per heavy atom. The molecule has 0 radical (unpaired) electrons. The number of amides is 1. The van der Waals surface area contributed by atoms with Crippen LogP contribution in [0.4, 0.5) is 0 Å². The Bertz CT molecular complexity index is 627. The molecule has 2 rings (SSSR count). The molecule has 0 bridgehead atoms. The summed E-state index contributed by atoms with van der Waals surface area (Å²) in [5.74, 6) is 1.03. The van der Waals surface area contributed by atoms with Crippen molar-refractivity contribution in [1.82, 2.24) is 20.4 Å². The summed E-state index contributed by atoms with van der Waals surface area (Å²) < 4.78 is 0. The Balaban J connectivity index is 0.00000364. The standard InChI is InChI=1S/C20H33N5O.HI/c1-5-21-20(23-15-19-7-6-16(2)14-17(19)3)22-8-9-24-10-12-25(13-11-24)18(4)26;/h6-7,14H,5,8-13,15H2,1-4H3,(H2,21,22,23);1H. The highest BCUT2D eigenvalue weighted by Crippen LogP contribution is 2.11. The van der Waals surface area contributed by atoms with Crippen LogP contribution in [-0.4, -0.2) is 67.5 Å². The Morgan fingerprint density at radius 3 is 2.44 bits per heavy atom. The lowest BCUT2D eigenvalue weighted by molar-refractivity contribution is -0.130. The molecule has 1 heterocycles. The second kappa shape index (κ2) is 12.2. The van der Waals surface area contributed by atoms with Crippen molar-refractivity contribution in [3.63, 3.8) is 0 Å². The molecule has 0 spiro atoms. The van der Waals surface area contributed by atoms with Crippen molar-refractivity contribution in [2.75, 3.05) is 45.8 Å². The van der Waals surface area contributed by atoms with Crippen molar-refractivity contribution in [2.24, 2.45) is 4.99 Å². The maximum atomic E-state index is 11.4. The first-order valence-corrected chi connectivity index (χ1v) is 9.55. The van der Waals surface area contributed by atoms with Gasteiger partial charge in [-0.05, 0) is 31.9 Å². The highest BCUT2D eigenvalue weighted by molar-refractivity contribution is 14.0. The lowest BCUT2D eigenvalue weighted by Crippen LogP contribution is -2.50. The number of carbonyl (C=O) groups excluding carboxylic acids is 1. The molecule has 2 N–H and O–H groups in total. The van der Waals surface area contributed by atoms with E-state index in [0.29, 0.717) is 6.54 Å². The topological polar surface area (TPSA) is 60.0 Å². The minimum atomic E-state index is 0. The number of rotatable bonds is 6. The number of aliphatic imine (C=N–C) groups is 1. The second-order valence-electron chi connectivity index (χ2n) is 6.90. The number of nitrogens with zero attached hydrogens (tertiary/aromatic N) is 3. The first kappa shape index (κ1) is 23.7. The van der Waals surface area contributed by atoms with Crippen LogP contribution < -0.4 is 10.6 Å². The smallest absolute Gasteiger partial charge is 0.219 e. The van der Waals surface area contributed by atoms with E-state index in [1.165, 1.54) is 16.7 Å². The molecule has 1 fully saturated rings. The summed E-state index contributed by atoms with van der Waals surface area (Å²) in [5, 5.41) is 6.73. The van der Waals surface area contributed by atoms with E-state index in [9.17, 15) is 4.79 Å². The third kappa shape index (κ3) is 8.04. The third-order valence-electron chi connectivity index (χ3n) is 4.79. The fourth-order valence-electron chi connectivity index (χ4n) is 3.15. The average molecular weight is 487 g/mol. The largest absolute Gasteiger partial charge is 0.357 e. The van der Waals surface area contributed by atoms with Crippen LogP contribution in [0.3, 0.4) is 0 Å². The van der Waals surface area contributed by atoms with Gasteiger partial charge in [-0.1, -0.05) is 23.8 Å². The quantitative estimate of drug-likeness (QED) is 0.367. The van der Waals surface area contributed by atoms with Gasteiger partial charge in [0.25, 0.3) is 0 Å². The van der Waals surface area contributed by atoms with Gasteiger partial charge in [-0.2, -0.15) is 0 Å². The number of piperazine rings is 1. The van der Waals surface area contributed by atoms with Gasteiger partial charge in [0.1, 0.15) is 0 Å². The maximum absolute atomic E-state index is 11.4. The van der Waals surface area contributed by atoms with E-state index in [2.05, 4.69) is 54.5 Å². The highest BCUT2D eigenvalue weighted by atomic mass is 127. The van der Waals surface area contributed by atoms with Crippen LogP contribution in [0.25, 0.3) is 0 Å². The zero-order valence-corrected chi connectivity index (χ0v) is 19.4. The molecule has 1 aliphatic rings. The molecule has 0 aliphatic carbocycles. The first-order chi connectivity index (χ1) is 12.5. The molecule has 7 heteroatoms. The first-order valence-electron chi connectivity index (χ1n) is 9.55. The van der Waals surface area contributed by atoms with Crippen molar-refractivity contribution in [2.45, 2.75) is 34.2 Å². The molecule has 6 nitrogen and oxygen atoms in total. The van der Waals surface area contributed by atoms with E-state index >= 15 is 0 Å². The van der Waals surface area contributed by atoms with Gasteiger partial charge < -0.3 is 15.5 Å². The molecular weight excluding hydrogens is 453 g/mol. The van der Waals surface area contributed by atoms with Gasteiger partial charge in [0.15, 0.2) is 5.96 Å². The van der Waals surface area contributed by atoms with Crippen LogP contribution >= 0.6 is 24.0 Å². The Labute approximate surface area is 180 Å². The van der Waals surface area contributed by atoms with Crippen LogP contribution in [0.2, 0.25) is 0 Å². The van der Waals surface area contributed by atoms with Gasteiger partial charge in [-0.15, -0.1) is 24.0 Å². The van der Waals surface area contributed by atoms with Gasteiger partial charge in [-0.25, -0.2) is 4.99 Å². The highest BCUT2D eigenvalue weighted by Gasteiger charge is 2.17. The van der Waals surface area contributed by atoms with E-state index in [0.717, 1.165) is 51.8 Å². The molecular formula is C20H34IN5O. The number of hydrogen-bond donors (Lipinski definition) is 2. The number of hydrogen-bond acceptors (Lipinski definition) is 3. The molecule has 1 aromatic rings. The van der Waals surface area contributed by atoms with Crippen LogP contribution in [0.5, 0.6) is 0 Å². The minimum absolute atomic E-state index is 0. The summed E-state index contributed by atoms with van der Waals surface area (Å²) in [6.45, 7) is 14.8. The second-order valence-corrected chi connectivity index (χ2v) is 6.90. The van der Waals surface area contributed by atoms with Gasteiger partial charge >= 0.3 is 0 Å². The van der Waals surface area contributed by atoms with Crippen LogP contribution in [0.1, 0.15) is 30.5 Å². The molecule has 0 saturated carbocycles. The summed E-state index contributed by atoms with van der Waals surface area (Å²) in [4.78, 5) is 20.4. The number of halogens is 1. The van der Waals surface area contributed by atoms with Gasteiger partial charge in [0.05, 0.1) is 6.54 Å². The fraction of sp³-hybridized carbons (Fsp3) is 0.600. The van der Waals surface area contributed by atoms with Gasteiger partial charge in [0, 0.05) is 52.7 Å². The minimum Gasteiger partial charge on any atom is -0.357 e. The van der Waals surface area contributed by atoms with Crippen LogP contribution in [0, 0.1) is 13.8 Å². The van der Waals surface area contributed by atoms with Crippen LogP contribution in [0.15, 0.2) is 23.2 Å². The summed E-state index contributed by atoms with van der Waals surface area (Å²) >= 11 is 0. The van der Waals surface area contributed by atoms with Crippen molar-refractivity contribution < 1.29 is 4.79 Å². The normalized spacial score (nSPS) is 15.3. The predicted molar refractivity (Wildman–Crippen MR) is 123 cm³/mol. The van der Waals surface area contributed by atoms with Gasteiger partial charge in [-0.3, -0.25) is 9.69 Å². The molecule has 1 amide bonds.